The van der Waals surface area contributed by atoms with Crippen molar-refractivity contribution in [1.82, 2.24) is 9.80 Å². The van der Waals surface area contributed by atoms with Gasteiger partial charge in [-0.3, -0.25) is 9.59 Å². The summed E-state index contributed by atoms with van der Waals surface area (Å²) in [6.07, 6.45) is 4.15. The van der Waals surface area contributed by atoms with E-state index in [4.69, 9.17) is 0 Å². The minimum atomic E-state index is -0.813. The Hall–Kier alpha value is -1.10. The van der Waals surface area contributed by atoms with Gasteiger partial charge in [-0.2, -0.15) is 0 Å². The fourth-order valence-corrected chi connectivity index (χ4v) is 2.88. The van der Waals surface area contributed by atoms with E-state index in [9.17, 15) is 14.7 Å². The van der Waals surface area contributed by atoms with Crippen LogP contribution in [0.25, 0.3) is 0 Å². The molecule has 1 fully saturated rings. The van der Waals surface area contributed by atoms with Gasteiger partial charge in [0.2, 0.25) is 5.91 Å². The smallest absolute Gasteiger partial charge is 0.307 e. The summed E-state index contributed by atoms with van der Waals surface area (Å²) < 4.78 is 0. The molecule has 1 aliphatic rings. The lowest BCUT2D eigenvalue weighted by atomic mass is 9.78. The zero-order chi connectivity index (χ0) is 15.1. The Morgan fingerprint density at radius 1 is 1.05 bits per heavy atom. The highest BCUT2D eigenvalue weighted by atomic mass is 16.4. The van der Waals surface area contributed by atoms with E-state index in [1.807, 2.05) is 30.8 Å². The number of nitrogens with zero attached hydrogens (tertiary/aromatic N) is 2. The minimum Gasteiger partial charge on any atom is -0.481 e. The maximum Gasteiger partial charge on any atom is 0.307 e. The average Bonchev–Trinajstić information content (AvgIpc) is 2.42. The van der Waals surface area contributed by atoms with Crippen molar-refractivity contribution in [3.63, 3.8) is 0 Å². The SMILES string of the molecule is CCCN(CCN(C)C)C(=O)C1CCCCC1C(=O)O. The summed E-state index contributed by atoms with van der Waals surface area (Å²) >= 11 is 0. The van der Waals surface area contributed by atoms with Crippen LogP contribution in [0.2, 0.25) is 0 Å². The first-order valence-electron chi connectivity index (χ1n) is 7.63. The van der Waals surface area contributed by atoms with Crippen molar-refractivity contribution in [3.8, 4) is 0 Å². The molecule has 1 amide bonds. The predicted molar refractivity (Wildman–Crippen MR) is 78.5 cm³/mol. The van der Waals surface area contributed by atoms with Gasteiger partial charge in [0, 0.05) is 19.6 Å². The molecule has 0 spiro atoms. The fourth-order valence-electron chi connectivity index (χ4n) is 2.88. The van der Waals surface area contributed by atoms with Crippen molar-refractivity contribution in [2.75, 3.05) is 33.7 Å². The summed E-state index contributed by atoms with van der Waals surface area (Å²) in [7, 11) is 3.96. The van der Waals surface area contributed by atoms with Crippen molar-refractivity contribution in [2.24, 2.45) is 11.8 Å². The summed E-state index contributed by atoms with van der Waals surface area (Å²) in [5, 5.41) is 9.31. The second kappa shape index (κ2) is 8.25. The van der Waals surface area contributed by atoms with Crippen LogP contribution < -0.4 is 0 Å². The molecule has 5 nitrogen and oxygen atoms in total. The van der Waals surface area contributed by atoms with Gasteiger partial charge in [0.05, 0.1) is 11.8 Å². The van der Waals surface area contributed by atoms with Crippen LogP contribution in [0.1, 0.15) is 39.0 Å². The van der Waals surface area contributed by atoms with Gasteiger partial charge in [-0.1, -0.05) is 19.8 Å². The zero-order valence-electron chi connectivity index (χ0n) is 13.0. The third-order valence-corrected chi connectivity index (χ3v) is 4.02. The third-order valence-electron chi connectivity index (χ3n) is 4.02. The second-order valence-corrected chi connectivity index (χ2v) is 5.96. The van der Waals surface area contributed by atoms with E-state index in [1.165, 1.54) is 0 Å². The average molecular weight is 284 g/mol. The van der Waals surface area contributed by atoms with Crippen LogP contribution in [0.3, 0.4) is 0 Å². The molecule has 0 saturated heterocycles. The standard InChI is InChI=1S/C15H28N2O3/c1-4-9-17(11-10-16(2)3)14(18)12-7-5-6-8-13(12)15(19)20/h12-13H,4-11H2,1-3H3,(H,19,20). The molecule has 0 aromatic heterocycles. The Kier molecular flexibility index (Phi) is 6.99. The summed E-state index contributed by atoms with van der Waals surface area (Å²) in [5.41, 5.74) is 0. The lowest BCUT2D eigenvalue weighted by Gasteiger charge is -2.33. The Morgan fingerprint density at radius 2 is 1.65 bits per heavy atom. The molecule has 0 radical (unpaired) electrons. The van der Waals surface area contributed by atoms with E-state index in [2.05, 4.69) is 0 Å². The first-order valence-corrected chi connectivity index (χ1v) is 7.63. The number of rotatable bonds is 7. The Labute approximate surface area is 121 Å². The molecule has 116 valence electrons. The second-order valence-electron chi connectivity index (χ2n) is 5.96. The maximum absolute atomic E-state index is 12.7. The number of hydrogen-bond donors (Lipinski definition) is 1. The molecular formula is C15H28N2O3. The summed E-state index contributed by atoms with van der Waals surface area (Å²) in [4.78, 5) is 27.9. The molecule has 0 aromatic carbocycles. The Morgan fingerprint density at radius 3 is 2.15 bits per heavy atom. The summed E-state index contributed by atoms with van der Waals surface area (Å²) in [5.74, 6) is -1.59. The van der Waals surface area contributed by atoms with Gasteiger partial charge >= 0.3 is 5.97 Å². The summed E-state index contributed by atoms with van der Waals surface area (Å²) in [6.45, 7) is 4.26. The van der Waals surface area contributed by atoms with E-state index in [0.29, 0.717) is 13.0 Å². The van der Waals surface area contributed by atoms with E-state index >= 15 is 0 Å². The molecule has 0 aliphatic heterocycles. The van der Waals surface area contributed by atoms with Crippen molar-refractivity contribution in [3.05, 3.63) is 0 Å². The zero-order valence-corrected chi connectivity index (χ0v) is 13.0. The number of carboxylic acid groups (broad SMARTS) is 1. The third kappa shape index (κ3) is 4.78. The molecule has 0 bridgehead atoms. The van der Waals surface area contributed by atoms with Gasteiger partial charge < -0.3 is 14.9 Å². The fraction of sp³-hybridized carbons (Fsp3) is 0.867. The molecule has 0 aromatic rings. The first kappa shape index (κ1) is 17.0. The van der Waals surface area contributed by atoms with Crippen LogP contribution in [-0.2, 0) is 9.59 Å². The molecule has 2 unspecified atom stereocenters. The van der Waals surface area contributed by atoms with Gasteiger partial charge in [0.25, 0.3) is 0 Å². The number of aliphatic carboxylic acids is 1. The lowest BCUT2D eigenvalue weighted by molar-refractivity contribution is -0.152. The number of carbonyl (C=O) groups excluding carboxylic acids is 1. The van der Waals surface area contributed by atoms with Crippen LogP contribution in [0.5, 0.6) is 0 Å². The minimum absolute atomic E-state index is 0.0424. The van der Waals surface area contributed by atoms with E-state index in [1.54, 1.807) is 0 Å². The largest absolute Gasteiger partial charge is 0.481 e. The predicted octanol–water partition coefficient (Wildman–Crippen LogP) is 1.68. The first-order chi connectivity index (χ1) is 9.47. The highest BCUT2D eigenvalue weighted by molar-refractivity contribution is 5.85. The van der Waals surface area contributed by atoms with Gasteiger partial charge in [-0.25, -0.2) is 0 Å². The molecule has 1 saturated carbocycles. The van der Waals surface area contributed by atoms with Gasteiger partial charge in [-0.05, 0) is 33.4 Å². The molecule has 0 heterocycles. The topological polar surface area (TPSA) is 60.9 Å². The lowest BCUT2D eigenvalue weighted by Crippen LogP contribution is -2.45. The molecule has 20 heavy (non-hydrogen) atoms. The normalized spacial score (nSPS) is 22.8. The number of carboxylic acids is 1. The van der Waals surface area contributed by atoms with Gasteiger partial charge in [0.1, 0.15) is 0 Å². The van der Waals surface area contributed by atoms with Crippen LogP contribution in [0, 0.1) is 11.8 Å². The van der Waals surface area contributed by atoms with Crippen molar-refractivity contribution in [1.29, 1.82) is 0 Å². The molecular weight excluding hydrogens is 256 g/mol. The van der Waals surface area contributed by atoms with Crippen molar-refractivity contribution in [2.45, 2.75) is 39.0 Å². The van der Waals surface area contributed by atoms with E-state index in [-0.39, 0.29) is 11.8 Å². The van der Waals surface area contributed by atoms with Gasteiger partial charge in [0.15, 0.2) is 0 Å². The number of likely N-dealkylation sites (N-methyl/N-ethyl adjacent to an activating group) is 1. The van der Waals surface area contributed by atoms with E-state index in [0.717, 1.165) is 38.8 Å². The highest BCUT2D eigenvalue weighted by Crippen LogP contribution is 2.31. The molecule has 1 aliphatic carbocycles. The van der Waals surface area contributed by atoms with E-state index < -0.39 is 11.9 Å². The molecule has 2 atom stereocenters. The molecule has 1 rings (SSSR count). The van der Waals surface area contributed by atoms with Crippen LogP contribution in [0.4, 0.5) is 0 Å². The molecule has 5 heteroatoms. The van der Waals surface area contributed by atoms with Crippen molar-refractivity contribution >= 4 is 11.9 Å². The van der Waals surface area contributed by atoms with Gasteiger partial charge in [-0.15, -0.1) is 0 Å². The quantitative estimate of drug-likeness (QED) is 0.772. The number of carbonyl (C=O) groups is 2. The van der Waals surface area contributed by atoms with Crippen LogP contribution in [0.15, 0.2) is 0 Å². The van der Waals surface area contributed by atoms with Crippen molar-refractivity contribution < 1.29 is 14.7 Å². The number of amides is 1. The summed E-state index contributed by atoms with van der Waals surface area (Å²) in [6, 6.07) is 0. The number of hydrogen-bond acceptors (Lipinski definition) is 3. The van der Waals surface area contributed by atoms with Crippen LogP contribution in [-0.4, -0.2) is 60.5 Å². The molecule has 1 N–H and O–H groups in total. The highest BCUT2D eigenvalue weighted by Gasteiger charge is 2.37. The monoisotopic (exact) mass is 284 g/mol. The van der Waals surface area contributed by atoms with Crippen LogP contribution >= 0.6 is 0 Å². The Bertz CT molecular complexity index is 331. The Balaban J connectivity index is 2.72. The maximum atomic E-state index is 12.7.